The van der Waals surface area contributed by atoms with Crippen molar-refractivity contribution >= 4 is 25.7 Å². The van der Waals surface area contributed by atoms with Gasteiger partial charge in [0.2, 0.25) is 5.91 Å². The lowest BCUT2D eigenvalue weighted by atomic mass is 10.0. The summed E-state index contributed by atoms with van der Waals surface area (Å²) in [4.78, 5) is 53.3. The predicted octanol–water partition coefficient (Wildman–Crippen LogP) is 8.07. The molecule has 0 saturated carbocycles. The summed E-state index contributed by atoms with van der Waals surface area (Å²) in [7, 11) is -4.75. The van der Waals surface area contributed by atoms with Crippen molar-refractivity contribution in [3.63, 3.8) is 0 Å². The lowest BCUT2D eigenvalue weighted by Crippen LogP contribution is -2.29. The van der Waals surface area contributed by atoms with Crippen LogP contribution in [0.1, 0.15) is 168 Å². The standard InChI is InChI=1S/C33H64NO9P/c1-3-4-5-6-7-13-17-20-23-26-33(37)43-31(29-42-44(38,39)40)28-41-32(36)25-22-19-16-14-11-9-8-10-12-15-18-21-24-27-34-30(2)35/h31H,3-29H2,1-2H3,(H,34,35)(H2,38,39,40)/t31-/m0/s1. The van der Waals surface area contributed by atoms with Crippen LogP contribution in [-0.2, 0) is 32.9 Å². The Hall–Kier alpha value is -1.48. The fraction of sp³-hybridized carbons (Fsp3) is 0.909. The number of unbranched alkanes of at least 4 members (excludes halogenated alkanes) is 20. The molecule has 0 heterocycles. The van der Waals surface area contributed by atoms with Crippen LogP contribution in [0.4, 0.5) is 0 Å². The van der Waals surface area contributed by atoms with E-state index in [0.717, 1.165) is 51.5 Å². The van der Waals surface area contributed by atoms with Gasteiger partial charge in [0, 0.05) is 26.3 Å². The average molecular weight is 650 g/mol. The van der Waals surface area contributed by atoms with Crippen molar-refractivity contribution in [1.82, 2.24) is 5.32 Å². The molecule has 0 aromatic heterocycles. The van der Waals surface area contributed by atoms with Crippen molar-refractivity contribution in [2.45, 2.75) is 174 Å². The molecule has 0 radical (unpaired) electrons. The smallest absolute Gasteiger partial charge is 0.462 e. The summed E-state index contributed by atoms with van der Waals surface area (Å²) in [6.45, 7) is 3.70. The highest BCUT2D eigenvalue weighted by Gasteiger charge is 2.22. The van der Waals surface area contributed by atoms with Gasteiger partial charge in [-0.1, -0.05) is 129 Å². The summed E-state index contributed by atoms with van der Waals surface area (Å²) >= 11 is 0. The molecule has 1 amide bonds. The van der Waals surface area contributed by atoms with Crippen LogP contribution in [0, 0.1) is 0 Å². The summed E-state index contributed by atoms with van der Waals surface area (Å²) in [5.74, 6) is -0.864. The molecule has 1 atom stereocenters. The number of phosphoric ester groups is 1. The van der Waals surface area contributed by atoms with E-state index in [1.807, 2.05) is 0 Å². The van der Waals surface area contributed by atoms with Crippen molar-refractivity contribution in [1.29, 1.82) is 0 Å². The molecule has 0 saturated heterocycles. The number of rotatable bonds is 32. The minimum Gasteiger partial charge on any atom is -0.462 e. The summed E-state index contributed by atoms with van der Waals surface area (Å²) in [6, 6.07) is 0. The predicted molar refractivity (Wildman–Crippen MR) is 174 cm³/mol. The Bertz CT molecular complexity index is 760. The van der Waals surface area contributed by atoms with Crippen molar-refractivity contribution in [2.24, 2.45) is 0 Å². The Kier molecular flexibility index (Phi) is 29.2. The number of amides is 1. The Balaban J connectivity index is 3.88. The molecule has 0 aromatic rings. The second-order valence-electron chi connectivity index (χ2n) is 12.0. The molecule has 44 heavy (non-hydrogen) atoms. The van der Waals surface area contributed by atoms with E-state index in [0.29, 0.717) is 12.8 Å². The van der Waals surface area contributed by atoms with Gasteiger partial charge in [-0.25, -0.2) is 4.57 Å². The molecule has 0 spiro atoms. The number of hydrogen-bond acceptors (Lipinski definition) is 7. The van der Waals surface area contributed by atoms with E-state index in [9.17, 15) is 18.9 Å². The molecular formula is C33H64NO9P. The molecule has 0 aliphatic carbocycles. The van der Waals surface area contributed by atoms with Crippen LogP contribution in [0.5, 0.6) is 0 Å². The van der Waals surface area contributed by atoms with Crippen LogP contribution in [0.2, 0.25) is 0 Å². The molecule has 0 bridgehead atoms. The first-order valence-corrected chi connectivity index (χ1v) is 19.0. The average Bonchev–Trinajstić information content (AvgIpc) is 2.96. The van der Waals surface area contributed by atoms with Crippen LogP contribution in [-0.4, -0.2) is 53.5 Å². The molecule has 0 aliphatic heterocycles. The first-order chi connectivity index (χ1) is 21.1. The number of esters is 2. The maximum atomic E-state index is 12.3. The highest BCUT2D eigenvalue weighted by molar-refractivity contribution is 7.46. The molecule has 10 nitrogen and oxygen atoms in total. The lowest BCUT2D eigenvalue weighted by molar-refractivity contribution is -0.161. The SMILES string of the molecule is CCCCCCCCCCCC(=O)O[C@@H](COC(=O)CCCCCCCCCCCCCCCNC(C)=O)COP(=O)(O)O. The third-order valence-electron chi connectivity index (χ3n) is 7.57. The molecule has 11 heteroatoms. The first kappa shape index (κ1) is 42.5. The minimum absolute atomic E-state index is 0.0440. The van der Waals surface area contributed by atoms with Crippen molar-refractivity contribution in [3.05, 3.63) is 0 Å². The van der Waals surface area contributed by atoms with Crippen LogP contribution in [0.15, 0.2) is 0 Å². The largest absolute Gasteiger partial charge is 0.469 e. The topological polar surface area (TPSA) is 148 Å². The monoisotopic (exact) mass is 649 g/mol. The molecule has 0 unspecified atom stereocenters. The number of phosphoric acid groups is 1. The zero-order chi connectivity index (χ0) is 32.7. The molecule has 260 valence electrons. The second-order valence-corrected chi connectivity index (χ2v) is 13.2. The minimum atomic E-state index is -4.75. The fourth-order valence-electron chi connectivity index (χ4n) is 4.98. The first-order valence-electron chi connectivity index (χ1n) is 17.4. The molecule has 0 rings (SSSR count). The molecule has 0 aromatic carbocycles. The maximum absolute atomic E-state index is 12.3. The van der Waals surface area contributed by atoms with Gasteiger partial charge < -0.3 is 24.6 Å². The van der Waals surface area contributed by atoms with Gasteiger partial charge >= 0.3 is 19.8 Å². The van der Waals surface area contributed by atoms with Gasteiger partial charge in [0.05, 0.1) is 6.61 Å². The third-order valence-corrected chi connectivity index (χ3v) is 8.06. The summed E-state index contributed by atoms with van der Waals surface area (Å²) < 4.78 is 26.2. The molecule has 0 aliphatic rings. The van der Waals surface area contributed by atoms with Crippen molar-refractivity contribution < 1.29 is 42.7 Å². The highest BCUT2D eigenvalue weighted by atomic mass is 31.2. The Morgan fingerprint density at radius 2 is 1.02 bits per heavy atom. The number of nitrogens with one attached hydrogen (secondary N) is 1. The number of carbonyl (C=O) groups excluding carboxylic acids is 3. The van der Waals surface area contributed by atoms with E-state index in [4.69, 9.17) is 19.3 Å². The van der Waals surface area contributed by atoms with E-state index in [1.54, 1.807) is 6.92 Å². The summed E-state index contributed by atoms with van der Waals surface area (Å²) in [6.07, 6.45) is 24.3. The Labute approximate surface area is 267 Å². The van der Waals surface area contributed by atoms with Gasteiger partial charge in [-0.15, -0.1) is 0 Å². The van der Waals surface area contributed by atoms with Crippen LogP contribution in [0.25, 0.3) is 0 Å². The van der Waals surface area contributed by atoms with Gasteiger partial charge in [0.15, 0.2) is 6.10 Å². The van der Waals surface area contributed by atoms with Gasteiger partial charge in [0.1, 0.15) is 6.61 Å². The normalized spacial score (nSPS) is 12.2. The maximum Gasteiger partial charge on any atom is 0.469 e. The van der Waals surface area contributed by atoms with Crippen LogP contribution < -0.4 is 5.32 Å². The van der Waals surface area contributed by atoms with Gasteiger partial charge in [-0.2, -0.15) is 0 Å². The van der Waals surface area contributed by atoms with E-state index >= 15 is 0 Å². The van der Waals surface area contributed by atoms with E-state index in [2.05, 4.69) is 16.8 Å². The Morgan fingerprint density at radius 1 is 0.614 bits per heavy atom. The molecular weight excluding hydrogens is 585 g/mol. The lowest BCUT2D eigenvalue weighted by Gasteiger charge is -2.18. The van der Waals surface area contributed by atoms with E-state index in [1.165, 1.54) is 83.5 Å². The molecule has 0 fully saturated rings. The summed E-state index contributed by atoms with van der Waals surface area (Å²) in [5.41, 5.74) is 0. The van der Waals surface area contributed by atoms with Gasteiger partial charge in [-0.05, 0) is 19.3 Å². The van der Waals surface area contributed by atoms with E-state index < -0.39 is 32.5 Å². The third kappa shape index (κ3) is 33.4. The zero-order valence-corrected chi connectivity index (χ0v) is 28.8. The highest BCUT2D eigenvalue weighted by Crippen LogP contribution is 2.36. The van der Waals surface area contributed by atoms with Gasteiger partial charge in [-0.3, -0.25) is 18.9 Å². The quantitative estimate of drug-likeness (QED) is 0.0374. The zero-order valence-electron chi connectivity index (χ0n) is 27.9. The molecule has 3 N–H and O–H groups in total. The number of ether oxygens (including phenoxy) is 2. The van der Waals surface area contributed by atoms with Crippen molar-refractivity contribution in [3.8, 4) is 0 Å². The van der Waals surface area contributed by atoms with Crippen LogP contribution >= 0.6 is 7.82 Å². The second kappa shape index (κ2) is 30.2. The Morgan fingerprint density at radius 3 is 1.45 bits per heavy atom. The fourth-order valence-corrected chi connectivity index (χ4v) is 5.34. The van der Waals surface area contributed by atoms with Gasteiger partial charge in [0.25, 0.3) is 0 Å². The van der Waals surface area contributed by atoms with Crippen molar-refractivity contribution in [2.75, 3.05) is 19.8 Å². The number of carbonyl (C=O) groups is 3. The number of hydrogen-bond donors (Lipinski definition) is 3. The van der Waals surface area contributed by atoms with Crippen LogP contribution in [0.3, 0.4) is 0 Å². The van der Waals surface area contributed by atoms with E-state index in [-0.39, 0.29) is 25.4 Å². The summed E-state index contributed by atoms with van der Waals surface area (Å²) in [5, 5.41) is 2.83.